The zero-order chi connectivity index (χ0) is 15.2. The van der Waals surface area contributed by atoms with E-state index in [4.69, 9.17) is 4.74 Å². The standard InChI is InChI=1S/C14H26N6O/c1-5-8-15-12-16-13(19(2)3)18-14(17-12)20(4)10-11-7-6-9-21-11/h11H,5-10H2,1-4H3,(H,15,16,17,18). The van der Waals surface area contributed by atoms with Gasteiger partial charge in [0.15, 0.2) is 0 Å². The van der Waals surface area contributed by atoms with Crippen molar-refractivity contribution in [3.05, 3.63) is 0 Å². The molecule has 1 aromatic rings. The summed E-state index contributed by atoms with van der Waals surface area (Å²) in [4.78, 5) is 17.4. The van der Waals surface area contributed by atoms with Gasteiger partial charge in [0.05, 0.1) is 6.10 Å². The average Bonchev–Trinajstić information content (AvgIpc) is 2.97. The maximum absolute atomic E-state index is 5.68. The molecule has 1 aromatic heterocycles. The topological polar surface area (TPSA) is 66.4 Å². The molecule has 0 spiro atoms. The van der Waals surface area contributed by atoms with Crippen LogP contribution in [0, 0.1) is 0 Å². The van der Waals surface area contributed by atoms with Gasteiger partial charge < -0.3 is 19.9 Å². The number of rotatable bonds is 7. The Hall–Kier alpha value is -1.63. The first kappa shape index (κ1) is 15.8. The SMILES string of the molecule is CCCNc1nc(N(C)C)nc(N(C)CC2CCCO2)n1. The third-order valence-electron chi connectivity index (χ3n) is 3.39. The number of aromatic nitrogens is 3. The van der Waals surface area contributed by atoms with E-state index in [1.54, 1.807) is 0 Å². The predicted molar refractivity (Wildman–Crippen MR) is 85.2 cm³/mol. The number of ether oxygens (including phenoxy) is 1. The van der Waals surface area contributed by atoms with E-state index in [9.17, 15) is 0 Å². The van der Waals surface area contributed by atoms with E-state index in [2.05, 4.69) is 27.2 Å². The Bertz CT molecular complexity index is 447. The molecule has 118 valence electrons. The van der Waals surface area contributed by atoms with Gasteiger partial charge in [-0.3, -0.25) is 0 Å². The minimum absolute atomic E-state index is 0.279. The summed E-state index contributed by atoms with van der Waals surface area (Å²) in [6, 6.07) is 0. The highest BCUT2D eigenvalue weighted by Gasteiger charge is 2.20. The Morgan fingerprint density at radius 1 is 1.19 bits per heavy atom. The van der Waals surface area contributed by atoms with Gasteiger partial charge in [0.1, 0.15) is 0 Å². The van der Waals surface area contributed by atoms with Crippen molar-refractivity contribution in [1.29, 1.82) is 0 Å². The van der Waals surface area contributed by atoms with Gasteiger partial charge in [-0.15, -0.1) is 0 Å². The summed E-state index contributed by atoms with van der Waals surface area (Å²) in [7, 11) is 5.87. The van der Waals surface area contributed by atoms with Gasteiger partial charge in [0.2, 0.25) is 17.8 Å². The van der Waals surface area contributed by atoms with E-state index in [0.717, 1.165) is 39.0 Å². The molecule has 1 N–H and O–H groups in total. The predicted octanol–water partition coefficient (Wildman–Crippen LogP) is 1.37. The zero-order valence-electron chi connectivity index (χ0n) is 13.5. The van der Waals surface area contributed by atoms with Crippen molar-refractivity contribution in [2.24, 2.45) is 0 Å². The molecule has 1 aliphatic heterocycles. The lowest BCUT2D eigenvalue weighted by Crippen LogP contribution is -2.31. The van der Waals surface area contributed by atoms with Gasteiger partial charge in [-0.25, -0.2) is 0 Å². The number of hydrogen-bond acceptors (Lipinski definition) is 7. The van der Waals surface area contributed by atoms with E-state index >= 15 is 0 Å². The first-order valence-electron chi connectivity index (χ1n) is 7.60. The molecule has 2 rings (SSSR count). The third kappa shape index (κ3) is 4.42. The second kappa shape index (κ2) is 7.40. The lowest BCUT2D eigenvalue weighted by atomic mass is 10.2. The number of likely N-dealkylation sites (N-methyl/N-ethyl adjacent to an activating group) is 1. The minimum Gasteiger partial charge on any atom is -0.376 e. The molecular weight excluding hydrogens is 268 g/mol. The fourth-order valence-corrected chi connectivity index (χ4v) is 2.22. The molecule has 1 fully saturated rings. The lowest BCUT2D eigenvalue weighted by Gasteiger charge is -2.22. The Balaban J connectivity index is 2.13. The Morgan fingerprint density at radius 3 is 2.57 bits per heavy atom. The van der Waals surface area contributed by atoms with E-state index in [-0.39, 0.29) is 6.10 Å². The summed E-state index contributed by atoms with van der Waals surface area (Å²) in [5.41, 5.74) is 0. The lowest BCUT2D eigenvalue weighted by molar-refractivity contribution is 0.116. The van der Waals surface area contributed by atoms with Gasteiger partial charge in [-0.05, 0) is 19.3 Å². The van der Waals surface area contributed by atoms with E-state index in [0.29, 0.717) is 17.8 Å². The van der Waals surface area contributed by atoms with Crippen LogP contribution in [0.1, 0.15) is 26.2 Å². The summed E-state index contributed by atoms with van der Waals surface area (Å²) >= 11 is 0. The normalized spacial score (nSPS) is 17.8. The Kier molecular flexibility index (Phi) is 5.55. The highest BCUT2D eigenvalue weighted by molar-refractivity contribution is 5.44. The molecule has 21 heavy (non-hydrogen) atoms. The van der Waals surface area contributed by atoms with Crippen LogP contribution < -0.4 is 15.1 Å². The van der Waals surface area contributed by atoms with Crippen LogP contribution in [0.15, 0.2) is 0 Å². The van der Waals surface area contributed by atoms with Crippen LogP contribution in [-0.4, -0.2) is 61.9 Å². The minimum atomic E-state index is 0.279. The van der Waals surface area contributed by atoms with E-state index in [1.807, 2.05) is 30.9 Å². The van der Waals surface area contributed by atoms with Crippen LogP contribution in [0.25, 0.3) is 0 Å². The molecule has 0 bridgehead atoms. The quantitative estimate of drug-likeness (QED) is 0.814. The van der Waals surface area contributed by atoms with Crippen molar-refractivity contribution >= 4 is 17.8 Å². The average molecular weight is 294 g/mol. The van der Waals surface area contributed by atoms with Gasteiger partial charge in [-0.1, -0.05) is 6.92 Å². The van der Waals surface area contributed by atoms with Crippen LogP contribution in [-0.2, 0) is 4.74 Å². The second-order valence-electron chi connectivity index (χ2n) is 5.60. The van der Waals surface area contributed by atoms with Crippen molar-refractivity contribution in [2.45, 2.75) is 32.3 Å². The van der Waals surface area contributed by atoms with Crippen molar-refractivity contribution in [3.63, 3.8) is 0 Å². The molecule has 1 saturated heterocycles. The van der Waals surface area contributed by atoms with Gasteiger partial charge in [-0.2, -0.15) is 15.0 Å². The molecule has 2 heterocycles. The largest absolute Gasteiger partial charge is 0.376 e. The van der Waals surface area contributed by atoms with Gasteiger partial charge in [0, 0.05) is 40.8 Å². The number of nitrogens with one attached hydrogen (secondary N) is 1. The fourth-order valence-electron chi connectivity index (χ4n) is 2.22. The summed E-state index contributed by atoms with van der Waals surface area (Å²) in [6.45, 7) is 4.64. The molecule has 0 aromatic carbocycles. The molecule has 1 aliphatic rings. The van der Waals surface area contributed by atoms with Crippen LogP contribution >= 0.6 is 0 Å². The Morgan fingerprint density at radius 2 is 1.95 bits per heavy atom. The summed E-state index contributed by atoms with van der Waals surface area (Å²) in [5, 5.41) is 3.23. The highest BCUT2D eigenvalue weighted by Crippen LogP contribution is 2.18. The number of anilines is 3. The smallest absolute Gasteiger partial charge is 0.231 e. The van der Waals surface area contributed by atoms with Crippen LogP contribution in [0.3, 0.4) is 0 Å². The number of hydrogen-bond donors (Lipinski definition) is 1. The second-order valence-corrected chi connectivity index (χ2v) is 5.60. The number of nitrogens with zero attached hydrogens (tertiary/aromatic N) is 5. The van der Waals surface area contributed by atoms with Crippen LogP contribution in [0.5, 0.6) is 0 Å². The molecule has 0 amide bonds. The third-order valence-corrected chi connectivity index (χ3v) is 3.39. The first-order chi connectivity index (χ1) is 10.1. The molecular formula is C14H26N6O. The van der Waals surface area contributed by atoms with Crippen LogP contribution in [0.2, 0.25) is 0 Å². The molecule has 7 nitrogen and oxygen atoms in total. The summed E-state index contributed by atoms with van der Waals surface area (Å²) in [5.74, 6) is 1.98. The van der Waals surface area contributed by atoms with E-state index < -0.39 is 0 Å². The molecule has 0 aliphatic carbocycles. The first-order valence-corrected chi connectivity index (χ1v) is 7.60. The van der Waals surface area contributed by atoms with Gasteiger partial charge in [0.25, 0.3) is 0 Å². The van der Waals surface area contributed by atoms with Crippen molar-refractivity contribution in [2.75, 3.05) is 56.0 Å². The van der Waals surface area contributed by atoms with Crippen molar-refractivity contribution < 1.29 is 4.74 Å². The van der Waals surface area contributed by atoms with E-state index in [1.165, 1.54) is 0 Å². The monoisotopic (exact) mass is 294 g/mol. The molecule has 1 unspecified atom stereocenters. The van der Waals surface area contributed by atoms with Crippen LogP contribution in [0.4, 0.5) is 17.8 Å². The van der Waals surface area contributed by atoms with Gasteiger partial charge >= 0.3 is 0 Å². The molecule has 7 heteroatoms. The summed E-state index contributed by atoms with van der Waals surface area (Å²) < 4.78 is 5.68. The molecule has 0 saturated carbocycles. The van der Waals surface area contributed by atoms with Crippen molar-refractivity contribution in [3.8, 4) is 0 Å². The Labute approximate surface area is 126 Å². The maximum Gasteiger partial charge on any atom is 0.231 e. The summed E-state index contributed by atoms with van der Waals surface area (Å²) in [6.07, 6.45) is 3.56. The highest BCUT2D eigenvalue weighted by atomic mass is 16.5. The zero-order valence-corrected chi connectivity index (χ0v) is 13.5. The fraction of sp³-hybridized carbons (Fsp3) is 0.786. The maximum atomic E-state index is 5.68. The molecule has 1 atom stereocenters. The molecule has 0 radical (unpaired) electrons. The van der Waals surface area contributed by atoms with Crippen molar-refractivity contribution in [1.82, 2.24) is 15.0 Å².